The molecule has 4 rings (SSSR count). The van der Waals surface area contributed by atoms with Crippen molar-refractivity contribution in [3.05, 3.63) is 70.7 Å². The Hall–Kier alpha value is -3.20. The smallest absolute Gasteiger partial charge is 0.393 e. The summed E-state index contributed by atoms with van der Waals surface area (Å²) in [5.74, 6) is 0.727. The molecule has 3 aromatic rings. The first-order valence-electron chi connectivity index (χ1n) is 10.8. The molecule has 1 saturated heterocycles. The number of aliphatic hydroxyl groups is 1. The zero-order valence-corrected chi connectivity index (χ0v) is 18.4. The lowest BCUT2D eigenvalue weighted by Crippen LogP contribution is -2.36. The molecule has 0 spiro atoms. The average molecular weight is 458 g/mol. The number of hydrogen-bond donors (Lipinski definition) is 1. The normalized spacial score (nSPS) is 15.2. The maximum Gasteiger partial charge on any atom is 0.416 e. The van der Waals surface area contributed by atoms with Crippen LogP contribution >= 0.6 is 0 Å². The predicted octanol–water partition coefficient (Wildman–Crippen LogP) is 4.29. The molecule has 3 heterocycles. The van der Waals surface area contributed by atoms with Crippen molar-refractivity contribution in [3.8, 4) is 5.69 Å². The van der Waals surface area contributed by atoms with E-state index < -0.39 is 11.7 Å². The third-order valence-electron chi connectivity index (χ3n) is 5.99. The fraction of sp³-hybridized carbons (Fsp3) is 0.375. The van der Waals surface area contributed by atoms with Crippen molar-refractivity contribution in [3.63, 3.8) is 0 Å². The Morgan fingerprint density at radius 3 is 2.39 bits per heavy atom. The van der Waals surface area contributed by atoms with Gasteiger partial charge in [0.25, 0.3) is 0 Å². The van der Waals surface area contributed by atoms with Crippen LogP contribution in [-0.4, -0.2) is 44.8 Å². The fourth-order valence-electron chi connectivity index (χ4n) is 4.15. The number of benzene rings is 1. The Morgan fingerprint density at radius 1 is 1.12 bits per heavy atom. The van der Waals surface area contributed by atoms with E-state index in [1.807, 2.05) is 13.0 Å². The van der Waals surface area contributed by atoms with Crippen molar-refractivity contribution >= 4 is 11.6 Å². The number of ketones is 1. The molecular formula is C24H25F3N4O2. The van der Waals surface area contributed by atoms with Gasteiger partial charge in [0.05, 0.1) is 34.8 Å². The molecule has 0 saturated carbocycles. The van der Waals surface area contributed by atoms with E-state index in [0.29, 0.717) is 29.8 Å². The van der Waals surface area contributed by atoms with Gasteiger partial charge in [-0.15, -0.1) is 0 Å². The van der Waals surface area contributed by atoms with Crippen molar-refractivity contribution in [1.29, 1.82) is 0 Å². The molecule has 0 atom stereocenters. The van der Waals surface area contributed by atoms with Crippen molar-refractivity contribution in [2.24, 2.45) is 0 Å². The molecule has 0 unspecified atom stereocenters. The lowest BCUT2D eigenvalue weighted by atomic mass is 10.0. The zero-order chi connectivity index (χ0) is 23.8. The maximum absolute atomic E-state index is 12.9. The van der Waals surface area contributed by atoms with Crippen LogP contribution in [0.25, 0.3) is 5.69 Å². The zero-order valence-electron chi connectivity index (χ0n) is 18.4. The van der Waals surface area contributed by atoms with Crippen molar-refractivity contribution in [2.45, 2.75) is 45.4 Å². The summed E-state index contributed by atoms with van der Waals surface area (Å²) >= 11 is 0. The maximum atomic E-state index is 12.9. The molecular weight excluding hydrogens is 433 g/mol. The SMILES string of the molecule is Cc1cc(CC(=O)c2cnn(-c3ccc(C(F)(F)F)cc3)c2C)cnc1N1CCC(O)CC1. The van der Waals surface area contributed by atoms with Crippen LogP contribution in [-0.2, 0) is 12.6 Å². The molecule has 1 aliphatic rings. The molecule has 2 aromatic heterocycles. The number of rotatable bonds is 5. The van der Waals surface area contributed by atoms with Gasteiger partial charge in [0.15, 0.2) is 5.78 Å². The summed E-state index contributed by atoms with van der Waals surface area (Å²) in [6.07, 6.45) is 0.0457. The minimum Gasteiger partial charge on any atom is -0.393 e. The monoisotopic (exact) mass is 458 g/mol. The van der Waals surface area contributed by atoms with Gasteiger partial charge in [0, 0.05) is 25.7 Å². The number of aliphatic hydroxyl groups excluding tert-OH is 1. The molecule has 1 aliphatic heterocycles. The molecule has 0 aliphatic carbocycles. The summed E-state index contributed by atoms with van der Waals surface area (Å²) in [6.45, 7) is 5.16. The molecule has 1 N–H and O–H groups in total. The van der Waals surface area contributed by atoms with E-state index in [2.05, 4.69) is 15.0 Å². The van der Waals surface area contributed by atoms with Crippen LogP contribution in [0.15, 0.2) is 42.7 Å². The third-order valence-corrected chi connectivity index (χ3v) is 5.99. The predicted molar refractivity (Wildman–Crippen MR) is 118 cm³/mol. The Bertz CT molecular complexity index is 1150. The second-order valence-electron chi connectivity index (χ2n) is 8.40. The van der Waals surface area contributed by atoms with E-state index in [9.17, 15) is 23.1 Å². The van der Waals surface area contributed by atoms with Gasteiger partial charge in [-0.05, 0) is 62.1 Å². The number of hydrogen-bond acceptors (Lipinski definition) is 5. The first-order chi connectivity index (χ1) is 15.6. The van der Waals surface area contributed by atoms with Gasteiger partial charge in [-0.3, -0.25) is 4.79 Å². The van der Waals surface area contributed by atoms with E-state index in [1.165, 1.54) is 23.0 Å². The number of halogens is 3. The molecule has 0 bridgehead atoms. The van der Waals surface area contributed by atoms with Gasteiger partial charge in [-0.2, -0.15) is 18.3 Å². The van der Waals surface area contributed by atoms with Crippen LogP contribution in [0.3, 0.4) is 0 Å². The van der Waals surface area contributed by atoms with E-state index in [1.54, 1.807) is 13.1 Å². The molecule has 1 fully saturated rings. The van der Waals surface area contributed by atoms with Gasteiger partial charge in [-0.1, -0.05) is 6.07 Å². The lowest BCUT2D eigenvalue weighted by molar-refractivity contribution is -0.137. The topological polar surface area (TPSA) is 71.2 Å². The first-order valence-corrected chi connectivity index (χ1v) is 10.8. The molecule has 1 aromatic carbocycles. The number of anilines is 1. The summed E-state index contributed by atoms with van der Waals surface area (Å²) in [5, 5.41) is 13.9. The Balaban J connectivity index is 1.48. The molecule has 174 valence electrons. The second kappa shape index (κ2) is 8.97. The van der Waals surface area contributed by atoms with Crippen LogP contribution in [0.2, 0.25) is 0 Å². The largest absolute Gasteiger partial charge is 0.416 e. The highest BCUT2D eigenvalue weighted by atomic mass is 19.4. The minimum absolute atomic E-state index is 0.138. The van der Waals surface area contributed by atoms with E-state index in [-0.39, 0.29) is 18.3 Å². The number of pyridine rings is 1. The van der Waals surface area contributed by atoms with Crippen LogP contribution < -0.4 is 4.90 Å². The number of alkyl halides is 3. The molecule has 9 heteroatoms. The van der Waals surface area contributed by atoms with E-state index in [0.717, 1.165) is 42.2 Å². The van der Waals surface area contributed by atoms with Gasteiger partial charge in [-0.25, -0.2) is 9.67 Å². The lowest BCUT2D eigenvalue weighted by Gasteiger charge is -2.31. The Morgan fingerprint density at radius 2 is 1.79 bits per heavy atom. The number of aromatic nitrogens is 3. The van der Waals surface area contributed by atoms with Gasteiger partial charge >= 0.3 is 6.18 Å². The minimum atomic E-state index is -4.41. The van der Waals surface area contributed by atoms with E-state index in [4.69, 9.17) is 0 Å². The summed E-state index contributed by atoms with van der Waals surface area (Å²) < 4.78 is 39.9. The number of carbonyl (C=O) groups is 1. The number of nitrogens with zero attached hydrogens (tertiary/aromatic N) is 4. The van der Waals surface area contributed by atoms with Crippen LogP contribution in [0, 0.1) is 13.8 Å². The standard InChI is InChI=1S/C24H25F3N4O2/c1-15-11-17(13-28-23(15)30-9-7-20(32)8-10-30)12-22(33)21-14-29-31(16(21)2)19-5-3-18(4-6-19)24(25,26)27/h3-6,11,13-14,20,32H,7-10,12H2,1-2H3. The average Bonchev–Trinajstić information content (AvgIpc) is 3.15. The van der Waals surface area contributed by atoms with Crippen molar-refractivity contribution in [1.82, 2.24) is 14.8 Å². The van der Waals surface area contributed by atoms with Crippen LogP contribution in [0.5, 0.6) is 0 Å². The summed E-state index contributed by atoms with van der Waals surface area (Å²) in [4.78, 5) is 19.6. The second-order valence-corrected chi connectivity index (χ2v) is 8.40. The van der Waals surface area contributed by atoms with Gasteiger partial charge < -0.3 is 10.0 Å². The third kappa shape index (κ3) is 4.93. The molecule has 0 radical (unpaired) electrons. The van der Waals surface area contributed by atoms with Crippen LogP contribution in [0.4, 0.5) is 19.0 Å². The molecule has 0 amide bonds. The number of carbonyl (C=O) groups excluding carboxylic acids is 1. The quantitative estimate of drug-likeness (QED) is 0.578. The highest BCUT2D eigenvalue weighted by Crippen LogP contribution is 2.30. The summed E-state index contributed by atoms with van der Waals surface area (Å²) in [7, 11) is 0. The van der Waals surface area contributed by atoms with Crippen LogP contribution in [0.1, 0.15) is 45.6 Å². The highest BCUT2D eigenvalue weighted by molar-refractivity contribution is 5.98. The first kappa shape index (κ1) is 23.0. The number of Topliss-reactive ketones (excluding diaryl/α,β-unsaturated/α-hetero) is 1. The van der Waals surface area contributed by atoms with Crippen molar-refractivity contribution in [2.75, 3.05) is 18.0 Å². The van der Waals surface area contributed by atoms with Gasteiger partial charge in [0.1, 0.15) is 5.82 Å². The highest BCUT2D eigenvalue weighted by Gasteiger charge is 2.30. The summed E-state index contributed by atoms with van der Waals surface area (Å²) in [5.41, 5.74) is 2.44. The Kier molecular flexibility index (Phi) is 6.25. The molecule has 6 nitrogen and oxygen atoms in total. The Labute approximate surface area is 189 Å². The van der Waals surface area contributed by atoms with E-state index >= 15 is 0 Å². The number of piperidine rings is 1. The van der Waals surface area contributed by atoms with Crippen molar-refractivity contribution < 1.29 is 23.1 Å². The summed E-state index contributed by atoms with van der Waals surface area (Å²) in [6, 6.07) is 6.61. The fourth-order valence-corrected chi connectivity index (χ4v) is 4.15. The number of aryl methyl sites for hydroxylation is 1. The van der Waals surface area contributed by atoms with Gasteiger partial charge in [0.2, 0.25) is 0 Å². The molecule has 33 heavy (non-hydrogen) atoms.